The van der Waals surface area contributed by atoms with Crippen molar-refractivity contribution >= 4 is 5.69 Å². The fourth-order valence-electron chi connectivity index (χ4n) is 1.94. The van der Waals surface area contributed by atoms with Crippen LogP contribution in [0.2, 0.25) is 0 Å². The first-order valence-corrected chi connectivity index (χ1v) is 6.48. The molecule has 1 unspecified atom stereocenters. The number of hydrogen-bond donors (Lipinski definition) is 1. The highest BCUT2D eigenvalue weighted by Gasteiger charge is 2.21. The van der Waals surface area contributed by atoms with Crippen molar-refractivity contribution in [2.75, 3.05) is 18.5 Å². The van der Waals surface area contributed by atoms with Gasteiger partial charge in [0.2, 0.25) is 0 Å². The number of nitrogens with zero attached hydrogens (tertiary/aromatic N) is 2. The summed E-state index contributed by atoms with van der Waals surface area (Å²) in [5.41, 5.74) is 7.78. The summed E-state index contributed by atoms with van der Waals surface area (Å²) in [5, 5.41) is 9.02. The van der Waals surface area contributed by atoms with E-state index in [9.17, 15) is 0 Å². The van der Waals surface area contributed by atoms with E-state index in [1.807, 2.05) is 6.92 Å². The summed E-state index contributed by atoms with van der Waals surface area (Å²) in [5.74, 6) is 0. The van der Waals surface area contributed by atoms with Crippen LogP contribution >= 0.6 is 0 Å². The van der Waals surface area contributed by atoms with E-state index in [4.69, 9.17) is 11.0 Å². The predicted molar refractivity (Wildman–Crippen MR) is 76.5 cm³/mol. The number of hydrogen-bond acceptors (Lipinski definition) is 3. The Morgan fingerprint density at radius 1 is 1.44 bits per heavy atom. The molecule has 0 saturated carbocycles. The standard InChI is InChI=1S/C15H23N3/c1-4-15(17,12-16)9-6-10-18(3)14-8-5-7-13(2)11-14/h5,7-8,11H,4,6,9-10,17H2,1-3H3. The summed E-state index contributed by atoms with van der Waals surface area (Å²) in [4.78, 5) is 2.21. The molecule has 0 heterocycles. The van der Waals surface area contributed by atoms with Crippen LogP contribution in [0.15, 0.2) is 24.3 Å². The SMILES string of the molecule is CCC(N)(C#N)CCCN(C)c1cccc(C)c1. The van der Waals surface area contributed by atoms with Crippen molar-refractivity contribution in [3.63, 3.8) is 0 Å². The highest BCUT2D eigenvalue weighted by Crippen LogP contribution is 2.17. The summed E-state index contributed by atoms with van der Waals surface area (Å²) in [6.45, 7) is 4.98. The maximum Gasteiger partial charge on any atom is 0.104 e. The highest BCUT2D eigenvalue weighted by molar-refractivity contribution is 5.47. The molecule has 0 spiro atoms. The van der Waals surface area contributed by atoms with E-state index in [0.29, 0.717) is 6.42 Å². The normalized spacial score (nSPS) is 13.7. The molecule has 0 saturated heterocycles. The second-order valence-electron chi connectivity index (χ2n) is 4.99. The Morgan fingerprint density at radius 2 is 2.17 bits per heavy atom. The van der Waals surface area contributed by atoms with Gasteiger partial charge in [-0.05, 0) is 43.9 Å². The molecule has 18 heavy (non-hydrogen) atoms. The summed E-state index contributed by atoms with van der Waals surface area (Å²) in [7, 11) is 2.07. The first kappa shape index (κ1) is 14.5. The third-order valence-electron chi connectivity index (χ3n) is 3.41. The predicted octanol–water partition coefficient (Wildman–Crippen LogP) is 2.84. The van der Waals surface area contributed by atoms with Crippen LogP contribution in [0.4, 0.5) is 5.69 Å². The minimum absolute atomic E-state index is 0.659. The quantitative estimate of drug-likeness (QED) is 0.838. The summed E-state index contributed by atoms with van der Waals surface area (Å²) in [6, 6.07) is 10.6. The minimum Gasteiger partial charge on any atom is -0.375 e. The van der Waals surface area contributed by atoms with Crippen molar-refractivity contribution in [2.24, 2.45) is 5.73 Å². The maximum atomic E-state index is 9.02. The van der Waals surface area contributed by atoms with Gasteiger partial charge in [0, 0.05) is 19.3 Å². The molecule has 3 heteroatoms. The van der Waals surface area contributed by atoms with E-state index in [2.05, 4.69) is 49.2 Å². The van der Waals surface area contributed by atoms with E-state index in [1.165, 1.54) is 11.3 Å². The van der Waals surface area contributed by atoms with Gasteiger partial charge in [0.15, 0.2) is 0 Å². The van der Waals surface area contributed by atoms with Crippen molar-refractivity contribution in [3.8, 4) is 6.07 Å². The Labute approximate surface area is 110 Å². The molecule has 0 amide bonds. The third-order valence-corrected chi connectivity index (χ3v) is 3.41. The first-order valence-electron chi connectivity index (χ1n) is 6.48. The molecule has 1 aromatic carbocycles. The zero-order chi connectivity index (χ0) is 13.6. The molecule has 98 valence electrons. The minimum atomic E-state index is -0.659. The Balaban J connectivity index is 2.48. The molecule has 0 fully saturated rings. The second kappa shape index (κ2) is 6.42. The Hall–Kier alpha value is -1.53. The van der Waals surface area contributed by atoms with Gasteiger partial charge in [-0.1, -0.05) is 19.1 Å². The van der Waals surface area contributed by atoms with Gasteiger partial charge in [0.25, 0.3) is 0 Å². The van der Waals surface area contributed by atoms with Crippen molar-refractivity contribution < 1.29 is 0 Å². The summed E-state index contributed by atoms with van der Waals surface area (Å²) in [6.07, 6.45) is 2.39. The number of nitrogens with two attached hydrogens (primary N) is 1. The molecular weight excluding hydrogens is 222 g/mol. The lowest BCUT2D eigenvalue weighted by Crippen LogP contribution is -2.38. The van der Waals surface area contributed by atoms with Crippen molar-refractivity contribution in [1.29, 1.82) is 5.26 Å². The zero-order valence-corrected chi connectivity index (χ0v) is 11.6. The van der Waals surface area contributed by atoms with Gasteiger partial charge in [-0.15, -0.1) is 0 Å². The van der Waals surface area contributed by atoms with Crippen LogP contribution < -0.4 is 10.6 Å². The lowest BCUT2D eigenvalue weighted by Gasteiger charge is -2.23. The van der Waals surface area contributed by atoms with Gasteiger partial charge in [0.1, 0.15) is 5.54 Å². The molecule has 0 aliphatic carbocycles. The molecule has 0 aliphatic rings. The molecule has 1 aromatic rings. The number of nitriles is 1. The highest BCUT2D eigenvalue weighted by atomic mass is 15.1. The monoisotopic (exact) mass is 245 g/mol. The van der Waals surface area contributed by atoms with Gasteiger partial charge in [-0.3, -0.25) is 0 Å². The molecule has 1 atom stereocenters. The van der Waals surface area contributed by atoms with Crippen molar-refractivity contribution in [3.05, 3.63) is 29.8 Å². The molecule has 0 radical (unpaired) electrons. The lowest BCUT2D eigenvalue weighted by atomic mass is 9.93. The first-order chi connectivity index (χ1) is 8.50. The molecule has 0 aromatic heterocycles. The van der Waals surface area contributed by atoms with Crippen molar-refractivity contribution in [1.82, 2.24) is 0 Å². The maximum absolute atomic E-state index is 9.02. The lowest BCUT2D eigenvalue weighted by molar-refractivity contribution is 0.467. The molecule has 2 N–H and O–H groups in total. The number of anilines is 1. The van der Waals surface area contributed by atoms with E-state index in [-0.39, 0.29) is 0 Å². The molecule has 0 aliphatic heterocycles. The van der Waals surface area contributed by atoms with Gasteiger partial charge in [-0.2, -0.15) is 5.26 Å². The Kier molecular flexibility index (Phi) is 5.18. The second-order valence-corrected chi connectivity index (χ2v) is 4.99. The van der Waals surface area contributed by atoms with Gasteiger partial charge in [0.05, 0.1) is 6.07 Å². The van der Waals surface area contributed by atoms with Crippen LogP contribution in [-0.4, -0.2) is 19.1 Å². The summed E-state index contributed by atoms with van der Waals surface area (Å²) >= 11 is 0. The van der Waals surface area contributed by atoms with Crippen LogP contribution in [0.25, 0.3) is 0 Å². The van der Waals surface area contributed by atoms with Gasteiger partial charge < -0.3 is 10.6 Å². The van der Waals surface area contributed by atoms with Crippen molar-refractivity contribution in [2.45, 2.75) is 38.6 Å². The number of rotatable bonds is 6. The van der Waals surface area contributed by atoms with Crippen LogP contribution in [-0.2, 0) is 0 Å². The smallest absolute Gasteiger partial charge is 0.104 e. The average molecular weight is 245 g/mol. The van der Waals surface area contributed by atoms with E-state index in [1.54, 1.807) is 0 Å². The van der Waals surface area contributed by atoms with Crippen LogP contribution in [0.5, 0.6) is 0 Å². The van der Waals surface area contributed by atoms with Gasteiger partial charge in [-0.25, -0.2) is 0 Å². The fourth-order valence-corrected chi connectivity index (χ4v) is 1.94. The van der Waals surface area contributed by atoms with Crippen LogP contribution in [0, 0.1) is 18.3 Å². The van der Waals surface area contributed by atoms with E-state index >= 15 is 0 Å². The zero-order valence-electron chi connectivity index (χ0n) is 11.6. The van der Waals surface area contributed by atoms with E-state index < -0.39 is 5.54 Å². The van der Waals surface area contributed by atoms with E-state index in [0.717, 1.165) is 19.4 Å². The third kappa shape index (κ3) is 4.05. The number of aryl methyl sites for hydroxylation is 1. The fraction of sp³-hybridized carbons (Fsp3) is 0.533. The molecule has 1 rings (SSSR count). The average Bonchev–Trinajstić information content (AvgIpc) is 2.38. The molecule has 3 nitrogen and oxygen atoms in total. The number of benzene rings is 1. The van der Waals surface area contributed by atoms with Crippen LogP contribution in [0.3, 0.4) is 0 Å². The van der Waals surface area contributed by atoms with Gasteiger partial charge >= 0.3 is 0 Å². The Bertz CT molecular complexity index is 422. The largest absolute Gasteiger partial charge is 0.375 e. The molecule has 0 bridgehead atoms. The topological polar surface area (TPSA) is 53.1 Å². The summed E-state index contributed by atoms with van der Waals surface area (Å²) < 4.78 is 0. The van der Waals surface area contributed by atoms with Crippen LogP contribution in [0.1, 0.15) is 31.7 Å². The molecular formula is C15H23N3. The Morgan fingerprint density at radius 3 is 2.72 bits per heavy atom.